The van der Waals surface area contributed by atoms with Crippen molar-refractivity contribution in [3.8, 4) is 0 Å². The van der Waals surface area contributed by atoms with Crippen LogP contribution in [0.3, 0.4) is 0 Å². The molecular weight excluding hydrogens is 292 g/mol. The number of likely N-dealkylation sites (tertiary alicyclic amines) is 1. The van der Waals surface area contributed by atoms with Crippen molar-refractivity contribution in [3.05, 3.63) is 28.2 Å². The van der Waals surface area contributed by atoms with Gasteiger partial charge in [0.15, 0.2) is 0 Å². The van der Waals surface area contributed by atoms with Gasteiger partial charge in [0, 0.05) is 36.2 Å². The quantitative estimate of drug-likeness (QED) is 0.910. The Morgan fingerprint density at radius 2 is 2.06 bits per heavy atom. The van der Waals surface area contributed by atoms with Crippen LogP contribution >= 0.6 is 15.9 Å². The Labute approximate surface area is 117 Å². The molecule has 0 bridgehead atoms. The summed E-state index contributed by atoms with van der Waals surface area (Å²) >= 11 is 3.57. The maximum atomic E-state index is 11.3. The molecule has 1 heterocycles. The summed E-state index contributed by atoms with van der Waals surface area (Å²) in [6.07, 6.45) is 2.03. The number of rotatable bonds is 2. The summed E-state index contributed by atoms with van der Waals surface area (Å²) in [6, 6.07) is 6.77. The Morgan fingerprint density at radius 3 is 2.67 bits per heavy atom. The Morgan fingerprint density at radius 1 is 1.39 bits per heavy atom. The number of benzene rings is 1. The zero-order valence-electron chi connectivity index (χ0n) is 10.9. The standard InChI is InChI=1S/C14H19BrN2O/c1-10-3-4-13(15)14(9-10)16-12-5-7-17(8-6-12)11(2)18/h3-4,9,12,16H,5-8H2,1-2H3. The molecule has 0 saturated carbocycles. The molecule has 0 atom stereocenters. The normalized spacial score (nSPS) is 16.7. The maximum absolute atomic E-state index is 11.3. The summed E-state index contributed by atoms with van der Waals surface area (Å²) in [4.78, 5) is 13.2. The van der Waals surface area contributed by atoms with Gasteiger partial charge < -0.3 is 10.2 Å². The number of carbonyl (C=O) groups is 1. The second kappa shape index (κ2) is 5.74. The number of piperidine rings is 1. The molecule has 1 aromatic carbocycles. The zero-order chi connectivity index (χ0) is 13.1. The van der Waals surface area contributed by atoms with E-state index in [1.807, 2.05) is 4.90 Å². The molecule has 0 aromatic heterocycles. The third-order valence-electron chi connectivity index (χ3n) is 3.42. The number of aryl methyl sites for hydroxylation is 1. The summed E-state index contributed by atoms with van der Waals surface area (Å²) in [5.41, 5.74) is 2.40. The van der Waals surface area contributed by atoms with Crippen molar-refractivity contribution in [1.82, 2.24) is 4.90 Å². The molecule has 1 aromatic rings. The second-order valence-corrected chi connectivity index (χ2v) is 5.76. The van der Waals surface area contributed by atoms with Crippen molar-refractivity contribution in [2.75, 3.05) is 18.4 Å². The van der Waals surface area contributed by atoms with Crippen LogP contribution in [0.25, 0.3) is 0 Å². The molecule has 18 heavy (non-hydrogen) atoms. The summed E-state index contributed by atoms with van der Waals surface area (Å²) < 4.78 is 1.10. The van der Waals surface area contributed by atoms with E-state index in [1.54, 1.807) is 6.92 Å². The molecule has 3 nitrogen and oxygen atoms in total. The first kappa shape index (κ1) is 13.4. The Bertz CT molecular complexity index is 439. The van der Waals surface area contributed by atoms with E-state index in [4.69, 9.17) is 0 Å². The molecular formula is C14H19BrN2O. The van der Waals surface area contributed by atoms with Gasteiger partial charge in [-0.15, -0.1) is 0 Å². The fourth-order valence-electron chi connectivity index (χ4n) is 2.31. The van der Waals surface area contributed by atoms with Crippen LogP contribution in [0.4, 0.5) is 5.69 Å². The summed E-state index contributed by atoms with van der Waals surface area (Å²) in [5.74, 6) is 0.185. The first-order chi connectivity index (χ1) is 8.56. The topological polar surface area (TPSA) is 32.3 Å². The highest BCUT2D eigenvalue weighted by atomic mass is 79.9. The molecule has 0 radical (unpaired) electrons. The van der Waals surface area contributed by atoms with E-state index in [9.17, 15) is 4.79 Å². The minimum Gasteiger partial charge on any atom is -0.381 e. The van der Waals surface area contributed by atoms with Gasteiger partial charge in [0.05, 0.1) is 0 Å². The Hall–Kier alpha value is -1.03. The molecule has 1 fully saturated rings. The van der Waals surface area contributed by atoms with E-state index in [0.717, 1.165) is 36.1 Å². The summed E-state index contributed by atoms with van der Waals surface area (Å²) in [5, 5.41) is 3.56. The zero-order valence-corrected chi connectivity index (χ0v) is 12.5. The van der Waals surface area contributed by atoms with E-state index in [-0.39, 0.29) is 5.91 Å². The second-order valence-electron chi connectivity index (χ2n) is 4.91. The average molecular weight is 311 g/mol. The van der Waals surface area contributed by atoms with Gasteiger partial charge >= 0.3 is 0 Å². The smallest absolute Gasteiger partial charge is 0.219 e. The van der Waals surface area contributed by atoms with E-state index >= 15 is 0 Å². The molecule has 98 valence electrons. The highest BCUT2D eigenvalue weighted by Crippen LogP contribution is 2.26. The van der Waals surface area contributed by atoms with Crippen LogP contribution in [0.5, 0.6) is 0 Å². The molecule has 1 aliphatic heterocycles. The third-order valence-corrected chi connectivity index (χ3v) is 4.11. The molecule has 0 aliphatic carbocycles. The van der Waals surface area contributed by atoms with Gasteiger partial charge in [0.1, 0.15) is 0 Å². The van der Waals surface area contributed by atoms with E-state index < -0.39 is 0 Å². The van der Waals surface area contributed by atoms with Crippen molar-refractivity contribution >= 4 is 27.5 Å². The lowest BCUT2D eigenvalue weighted by atomic mass is 10.0. The third kappa shape index (κ3) is 3.25. The lowest BCUT2D eigenvalue weighted by molar-refractivity contribution is -0.129. The molecule has 1 aliphatic rings. The maximum Gasteiger partial charge on any atom is 0.219 e. The van der Waals surface area contributed by atoms with Crippen molar-refractivity contribution in [2.45, 2.75) is 32.7 Å². The SMILES string of the molecule is CC(=O)N1CCC(Nc2cc(C)ccc2Br)CC1. The number of hydrogen-bond donors (Lipinski definition) is 1. The predicted octanol–water partition coefficient (Wildman–Crippen LogP) is 3.18. The minimum atomic E-state index is 0.185. The number of anilines is 1. The van der Waals surface area contributed by atoms with Crippen molar-refractivity contribution < 1.29 is 4.79 Å². The highest BCUT2D eigenvalue weighted by molar-refractivity contribution is 9.10. The van der Waals surface area contributed by atoms with E-state index in [2.05, 4.69) is 46.4 Å². The van der Waals surface area contributed by atoms with Gasteiger partial charge in [0.25, 0.3) is 0 Å². The lowest BCUT2D eigenvalue weighted by Crippen LogP contribution is -2.41. The van der Waals surface area contributed by atoms with E-state index in [0.29, 0.717) is 6.04 Å². The molecule has 0 unspecified atom stereocenters. The predicted molar refractivity (Wildman–Crippen MR) is 77.8 cm³/mol. The number of hydrogen-bond acceptors (Lipinski definition) is 2. The number of amides is 1. The lowest BCUT2D eigenvalue weighted by Gasteiger charge is -2.32. The van der Waals surface area contributed by atoms with Crippen molar-refractivity contribution in [3.63, 3.8) is 0 Å². The Kier molecular flexibility index (Phi) is 4.27. The van der Waals surface area contributed by atoms with Gasteiger partial charge in [-0.2, -0.15) is 0 Å². The number of halogens is 1. The van der Waals surface area contributed by atoms with Crippen LogP contribution in [0, 0.1) is 6.92 Å². The average Bonchev–Trinajstić information content (AvgIpc) is 2.34. The molecule has 1 N–H and O–H groups in total. The van der Waals surface area contributed by atoms with Crippen LogP contribution in [-0.2, 0) is 4.79 Å². The fraction of sp³-hybridized carbons (Fsp3) is 0.500. The van der Waals surface area contributed by atoms with Gasteiger partial charge in [0.2, 0.25) is 5.91 Å². The monoisotopic (exact) mass is 310 g/mol. The van der Waals surface area contributed by atoms with Crippen LogP contribution in [0.2, 0.25) is 0 Å². The van der Waals surface area contributed by atoms with Crippen LogP contribution in [0.15, 0.2) is 22.7 Å². The number of nitrogens with one attached hydrogen (secondary N) is 1. The van der Waals surface area contributed by atoms with Gasteiger partial charge in [-0.05, 0) is 53.4 Å². The fourth-order valence-corrected chi connectivity index (χ4v) is 2.67. The van der Waals surface area contributed by atoms with Gasteiger partial charge in [-0.3, -0.25) is 4.79 Å². The first-order valence-corrected chi connectivity index (χ1v) is 7.14. The molecule has 1 saturated heterocycles. The first-order valence-electron chi connectivity index (χ1n) is 6.34. The highest BCUT2D eigenvalue weighted by Gasteiger charge is 2.20. The minimum absolute atomic E-state index is 0.185. The van der Waals surface area contributed by atoms with Crippen LogP contribution < -0.4 is 5.32 Å². The number of nitrogens with zero attached hydrogens (tertiary/aromatic N) is 1. The van der Waals surface area contributed by atoms with Crippen molar-refractivity contribution in [1.29, 1.82) is 0 Å². The van der Waals surface area contributed by atoms with E-state index in [1.165, 1.54) is 5.56 Å². The molecule has 1 amide bonds. The largest absolute Gasteiger partial charge is 0.381 e. The molecule has 2 rings (SSSR count). The molecule has 0 spiro atoms. The van der Waals surface area contributed by atoms with Crippen LogP contribution in [0.1, 0.15) is 25.3 Å². The van der Waals surface area contributed by atoms with Crippen molar-refractivity contribution in [2.24, 2.45) is 0 Å². The summed E-state index contributed by atoms with van der Waals surface area (Å²) in [6.45, 7) is 5.45. The molecule has 4 heteroatoms. The summed E-state index contributed by atoms with van der Waals surface area (Å²) in [7, 11) is 0. The Balaban J connectivity index is 1.95. The van der Waals surface area contributed by atoms with Gasteiger partial charge in [-0.1, -0.05) is 6.07 Å². The van der Waals surface area contributed by atoms with Gasteiger partial charge in [-0.25, -0.2) is 0 Å². The van der Waals surface area contributed by atoms with Crippen LogP contribution in [-0.4, -0.2) is 29.9 Å². The number of carbonyl (C=O) groups excluding carboxylic acids is 1.